The minimum Gasteiger partial charge on any atom is -0.258 e. The number of aryl methyl sites for hydroxylation is 1. The standard InChI is InChI=1S/C9H12N2O4S/c1-3-10-16(14,15)9-7(2)5-4-6-8(9)11(12)13/h4-6,10H,3H2,1-2H3. The Kier molecular flexibility index (Phi) is 3.61. The molecule has 0 bridgehead atoms. The molecule has 0 heterocycles. The van der Waals surface area contributed by atoms with Crippen molar-refractivity contribution in [3.63, 3.8) is 0 Å². The summed E-state index contributed by atoms with van der Waals surface area (Å²) in [5.74, 6) is 0. The van der Waals surface area contributed by atoms with Crippen molar-refractivity contribution in [3.8, 4) is 0 Å². The molecule has 0 fully saturated rings. The van der Waals surface area contributed by atoms with Crippen molar-refractivity contribution in [2.75, 3.05) is 6.54 Å². The van der Waals surface area contributed by atoms with E-state index in [1.807, 2.05) is 0 Å². The minimum atomic E-state index is -3.81. The quantitative estimate of drug-likeness (QED) is 0.636. The zero-order valence-corrected chi connectivity index (χ0v) is 9.74. The van der Waals surface area contributed by atoms with Gasteiger partial charge in [0.25, 0.3) is 5.69 Å². The maximum Gasteiger partial charge on any atom is 0.289 e. The molecule has 0 aliphatic heterocycles. The van der Waals surface area contributed by atoms with Crippen LogP contribution in [0.25, 0.3) is 0 Å². The van der Waals surface area contributed by atoms with Gasteiger partial charge in [0, 0.05) is 12.6 Å². The van der Waals surface area contributed by atoms with Gasteiger partial charge >= 0.3 is 0 Å². The van der Waals surface area contributed by atoms with Crippen molar-refractivity contribution in [3.05, 3.63) is 33.9 Å². The first kappa shape index (κ1) is 12.6. The highest BCUT2D eigenvalue weighted by Crippen LogP contribution is 2.26. The van der Waals surface area contributed by atoms with E-state index in [9.17, 15) is 18.5 Å². The number of benzene rings is 1. The van der Waals surface area contributed by atoms with Gasteiger partial charge in [0.05, 0.1) is 4.92 Å². The summed E-state index contributed by atoms with van der Waals surface area (Å²) in [6.45, 7) is 3.33. The fraction of sp³-hybridized carbons (Fsp3) is 0.333. The lowest BCUT2D eigenvalue weighted by molar-refractivity contribution is -0.387. The van der Waals surface area contributed by atoms with Crippen LogP contribution in [0, 0.1) is 17.0 Å². The second-order valence-electron chi connectivity index (χ2n) is 3.18. The second kappa shape index (κ2) is 4.58. The predicted molar refractivity (Wildman–Crippen MR) is 58.7 cm³/mol. The summed E-state index contributed by atoms with van der Waals surface area (Å²) < 4.78 is 25.8. The zero-order valence-electron chi connectivity index (χ0n) is 8.93. The van der Waals surface area contributed by atoms with Gasteiger partial charge in [-0.2, -0.15) is 0 Å². The fourth-order valence-electron chi connectivity index (χ4n) is 1.39. The van der Waals surface area contributed by atoms with Crippen molar-refractivity contribution in [1.29, 1.82) is 0 Å². The highest BCUT2D eigenvalue weighted by Gasteiger charge is 2.26. The molecule has 0 aliphatic rings. The van der Waals surface area contributed by atoms with E-state index in [1.54, 1.807) is 6.92 Å². The lowest BCUT2D eigenvalue weighted by Gasteiger charge is -2.07. The highest BCUT2D eigenvalue weighted by molar-refractivity contribution is 7.89. The van der Waals surface area contributed by atoms with Crippen LogP contribution in [-0.2, 0) is 10.0 Å². The summed E-state index contributed by atoms with van der Waals surface area (Å²) in [6, 6.07) is 4.16. The monoisotopic (exact) mass is 244 g/mol. The molecule has 1 N–H and O–H groups in total. The molecule has 16 heavy (non-hydrogen) atoms. The molecule has 0 saturated heterocycles. The van der Waals surface area contributed by atoms with Crippen LogP contribution in [0.15, 0.2) is 23.1 Å². The van der Waals surface area contributed by atoms with Crippen molar-refractivity contribution < 1.29 is 13.3 Å². The van der Waals surface area contributed by atoms with Crippen LogP contribution in [0.4, 0.5) is 5.69 Å². The van der Waals surface area contributed by atoms with Crippen molar-refractivity contribution in [2.24, 2.45) is 0 Å². The fourth-order valence-corrected chi connectivity index (χ4v) is 2.83. The summed E-state index contributed by atoms with van der Waals surface area (Å²) in [4.78, 5) is 9.78. The number of nitro groups is 1. The lowest BCUT2D eigenvalue weighted by atomic mass is 10.2. The Bertz CT molecular complexity index is 510. The smallest absolute Gasteiger partial charge is 0.258 e. The molecule has 88 valence electrons. The average molecular weight is 244 g/mol. The summed E-state index contributed by atoms with van der Waals surface area (Å²) in [7, 11) is -3.81. The second-order valence-corrected chi connectivity index (χ2v) is 4.89. The topological polar surface area (TPSA) is 89.3 Å². The SMILES string of the molecule is CCNS(=O)(=O)c1c(C)cccc1[N+](=O)[O-]. The van der Waals surface area contributed by atoms with Crippen LogP contribution in [0.5, 0.6) is 0 Å². The van der Waals surface area contributed by atoms with E-state index < -0.39 is 20.6 Å². The van der Waals surface area contributed by atoms with E-state index in [0.717, 1.165) is 0 Å². The number of nitro benzene ring substituents is 1. The predicted octanol–water partition coefficient (Wildman–Crippen LogP) is 1.20. The molecule has 0 unspecified atom stereocenters. The Morgan fingerprint density at radius 3 is 2.56 bits per heavy atom. The number of hydrogen-bond donors (Lipinski definition) is 1. The number of hydrogen-bond acceptors (Lipinski definition) is 4. The van der Waals surface area contributed by atoms with E-state index in [-0.39, 0.29) is 11.4 Å². The molecular formula is C9H12N2O4S. The van der Waals surface area contributed by atoms with Crippen molar-refractivity contribution in [2.45, 2.75) is 18.7 Å². The number of rotatable bonds is 4. The normalized spacial score (nSPS) is 11.4. The van der Waals surface area contributed by atoms with Crippen LogP contribution < -0.4 is 4.72 Å². The van der Waals surface area contributed by atoms with Gasteiger partial charge in [0.1, 0.15) is 0 Å². The molecule has 0 atom stereocenters. The first-order valence-electron chi connectivity index (χ1n) is 4.64. The van der Waals surface area contributed by atoms with Crippen LogP contribution in [-0.4, -0.2) is 19.9 Å². The summed E-state index contributed by atoms with van der Waals surface area (Å²) in [5, 5.41) is 10.7. The number of nitrogens with one attached hydrogen (secondary N) is 1. The first-order valence-corrected chi connectivity index (χ1v) is 6.12. The van der Waals surface area contributed by atoms with Gasteiger partial charge in [-0.15, -0.1) is 0 Å². The zero-order chi connectivity index (χ0) is 12.3. The lowest BCUT2D eigenvalue weighted by Crippen LogP contribution is -2.24. The van der Waals surface area contributed by atoms with Gasteiger partial charge in [0.15, 0.2) is 4.90 Å². The van der Waals surface area contributed by atoms with E-state index in [2.05, 4.69) is 4.72 Å². The largest absolute Gasteiger partial charge is 0.289 e. The summed E-state index contributed by atoms with van der Waals surface area (Å²) >= 11 is 0. The van der Waals surface area contributed by atoms with Gasteiger partial charge in [-0.1, -0.05) is 19.1 Å². The van der Waals surface area contributed by atoms with Crippen LogP contribution in [0.1, 0.15) is 12.5 Å². The molecule has 0 spiro atoms. The number of sulfonamides is 1. The molecule has 1 rings (SSSR count). The highest BCUT2D eigenvalue weighted by atomic mass is 32.2. The van der Waals surface area contributed by atoms with Crippen LogP contribution in [0.2, 0.25) is 0 Å². The van der Waals surface area contributed by atoms with Gasteiger partial charge in [0.2, 0.25) is 10.0 Å². The number of nitrogens with zero attached hydrogens (tertiary/aromatic N) is 1. The minimum absolute atomic E-state index is 0.188. The van der Waals surface area contributed by atoms with Crippen LogP contribution in [0.3, 0.4) is 0 Å². The molecule has 0 amide bonds. The Labute approximate surface area is 93.5 Å². The van der Waals surface area contributed by atoms with Crippen LogP contribution >= 0.6 is 0 Å². The van der Waals surface area contributed by atoms with Gasteiger partial charge < -0.3 is 0 Å². The molecule has 0 aromatic heterocycles. The third-order valence-electron chi connectivity index (χ3n) is 1.99. The molecule has 1 aromatic carbocycles. The summed E-state index contributed by atoms with van der Waals surface area (Å²) in [5.41, 5.74) is -0.0453. The molecular weight excluding hydrogens is 232 g/mol. The third kappa shape index (κ3) is 2.37. The maximum absolute atomic E-state index is 11.8. The average Bonchev–Trinajstić information content (AvgIpc) is 2.16. The molecule has 7 heteroatoms. The molecule has 6 nitrogen and oxygen atoms in total. The van der Waals surface area contributed by atoms with E-state index in [4.69, 9.17) is 0 Å². The van der Waals surface area contributed by atoms with Crippen molar-refractivity contribution in [1.82, 2.24) is 4.72 Å². The molecule has 0 radical (unpaired) electrons. The Balaban J connectivity index is 3.48. The van der Waals surface area contributed by atoms with Gasteiger partial charge in [-0.3, -0.25) is 10.1 Å². The van der Waals surface area contributed by atoms with E-state index in [0.29, 0.717) is 5.56 Å². The van der Waals surface area contributed by atoms with Gasteiger partial charge in [-0.05, 0) is 12.5 Å². The third-order valence-corrected chi connectivity index (χ3v) is 3.73. The van der Waals surface area contributed by atoms with E-state index in [1.165, 1.54) is 25.1 Å². The molecule has 0 saturated carbocycles. The first-order chi connectivity index (χ1) is 7.40. The van der Waals surface area contributed by atoms with Crippen molar-refractivity contribution >= 4 is 15.7 Å². The van der Waals surface area contributed by atoms with E-state index >= 15 is 0 Å². The maximum atomic E-state index is 11.8. The Morgan fingerprint density at radius 2 is 2.06 bits per heavy atom. The van der Waals surface area contributed by atoms with Gasteiger partial charge in [-0.25, -0.2) is 13.1 Å². The Hall–Kier alpha value is -1.47. The molecule has 0 aliphatic carbocycles. The Morgan fingerprint density at radius 1 is 1.44 bits per heavy atom. The summed E-state index contributed by atoms with van der Waals surface area (Å²) in [6.07, 6.45) is 0. The molecule has 1 aromatic rings.